The van der Waals surface area contributed by atoms with Crippen molar-refractivity contribution in [2.24, 2.45) is 0 Å². The van der Waals surface area contributed by atoms with E-state index in [9.17, 15) is 9.59 Å². The maximum atomic E-state index is 12.3. The van der Waals surface area contributed by atoms with Gasteiger partial charge in [-0.25, -0.2) is 9.59 Å². The molecule has 0 spiro atoms. The highest BCUT2D eigenvalue weighted by molar-refractivity contribution is 6.10. The highest BCUT2D eigenvalue weighted by atomic mass is 16.5. The summed E-state index contributed by atoms with van der Waals surface area (Å²) in [5, 5.41) is 1.62. The van der Waals surface area contributed by atoms with Crippen molar-refractivity contribution in [1.29, 1.82) is 0 Å². The van der Waals surface area contributed by atoms with Gasteiger partial charge in [-0.1, -0.05) is 37.6 Å². The molecule has 0 aliphatic rings. The minimum atomic E-state index is -0.429. The lowest BCUT2D eigenvalue weighted by atomic mass is 9.91. The van der Waals surface area contributed by atoms with E-state index in [4.69, 9.17) is 9.47 Å². The molecule has 4 heteroatoms. The van der Waals surface area contributed by atoms with E-state index in [2.05, 4.69) is 6.92 Å². The minimum Gasteiger partial charge on any atom is -0.465 e. The fraction of sp³-hybridized carbons (Fsp3) is 0.333. The molecule has 116 valence electrons. The number of hydrogen-bond acceptors (Lipinski definition) is 4. The average molecular weight is 300 g/mol. The lowest BCUT2D eigenvalue weighted by Gasteiger charge is -2.15. The lowest BCUT2D eigenvalue weighted by molar-refractivity contribution is 0.0598. The zero-order valence-electron chi connectivity index (χ0n) is 13.1. The quantitative estimate of drug-likeness (QED) is 0.789. The SMILES string of the molecule is CCCCc1c(C(=O)OC)cc2ccccc2c1C(=O)OC. The van der Waals surface area contributed by atoms with Crippen LogP contribution in [0.15, 0.2) is 30.3 Å². The molecule has 22 heavy (non-hydrogen) atoms. The van der Waals surface area contributed by atoms with Crippen LogP contribution < -0.4 is 0 Å². The summed E-state index contributed by atoms with van der Waals surface area (Å²) in [6, 6.07) is 9.28. The second kappa shape index (κ2) is 7.07. The van der Waals surface area contributed by atoms with Crippen molar-refractivity contribution in [2.45, 2.75) is 26.2 Å². The molecule has 0 heterocycles. The monoisotopic (exact) mass is 300 g/mol. The van der Waals surface area contributed by atoms with Gasteiger partial charge in [0.15, 0.2) is 0 Å². The van der Waals surface area contributed by atoms with E-state index >= 15 is 0 Å². The summed E-state index contributed by atoms with van der Waals surface area (Å²) in [5.74, 6) is -0.852. The van der Waals surface area contributed by atoms with Crippen LogP contribution in [-0.2, 0) is 15.9 Å². The van der Waals surface area contributed by atoms with Crippen LogP contribution in [0.1, 0.15) is 46.0 Å². The largest absolute Gasteiger partial charge is 0.465 e. The van der Waals surface area contributed by atoms with Gasteiger partial charge in [-0.2, -0.15) is 0 Å². The van der Waals surface area contributed by atoms with Gasteiger partial charge in [-0.3, -0.25) is 0 Å². The fourth-order valence-electron chi connectivity index (χ4n) is 2.63. The van der Waals surface area contributed by atoms with Crippen LogP contribution in [0.4, 0.5) is 0 Å². The van der Waals surface area contributed by atoms with Crippen LogP contribution in [0.25, 0.3) is 10.8 Å². The number of benzene rings is 2. The molecule has 0 amide bonds. The average Bonchev–Trinajstić information content (AvgIpc) is 2.57. The number of unbranched alkanes of at least 4 members (excludes halogenated alkanes) is 1. The molecule has 4 nitrogen and oxygen atoms in total. The van der Waals surface area contributed by atoms with Gasteiger partial charge >= 0.3 is 11.9 Å². The van der Waals surface area contributed by atoms with Gasteiger partial charge in [0.2, 0.25) is 0 Å². The molecule has 0 fully saturated rings. The summed E-state index contributed by atoms with van der Waals surface area (Å²) in [4.78, 5) is 24.4. The van der Waals surface area contributed by atoms with Crippen molar-refractivity contribution in [2.75, 3.05) is 14.2 Å². The molecule has 0 saturated heterocycles. The Bertz CT molecular complexity index is 704. The van der Waals surface area contributed by atoms with E-state index in [-0.39, 0.29) is 0 Å². The van der Waals surface area contributed by atoms with E-state index in [0.29, 0.717) is 23.1 Å². The molecule has 2 aromatic rings. The second-order valence-corrected chi connectivity index (χ2v) is 5.09. The first kappa shape index (κ1) is 16.0. The molecule has 0 radical (unpaired) electrons. The smallest absolute Gasteiger partial charge is 0.338 e. The molecule has 0 aliphatic carbocycles. The van der Waals surface area contributed by atoms with Crippen molar-refractivity contribution in [1.82, 2.24) is 0 Å². The Kier molecular flexibility index (Phi) is 5.15. The van der Waals surface area contributed by atoms with Crippen LogP contribution in [0, 0.1) is 0 Å². The first-order valence-electron chi connectivity index (χ1n) is 7.35. The highest BCUT2D eigenvalue weighted by Crippen LogP contribution is 2.29. The van der Waals surface area contributed by atoms with Gasteiger partial charge in [0.25, 0.3) is 0 Å². The van der Waals surface area contributed by atoms with E-state index < -0.39 is 11.9 Å². The normalized spacial score (nSPS) is 10.5. The van der Waals surface area contributed by atoms with Crippen LogP contribution in [0.5, 0.6) is 0 Å². The Balaban J connectivity index is 2.80. The van der Waals surface area contributed by atoms with E-state index in [1.807, 2.05) is 24.3 Å². The molecule has 0 aliphatic heterocycles. The number of methoxy groups -OCH3 is 2. The summed E-state index contributed by atoms with van der Waals surface area (Å²) in [6.45, 7) is 2.07. The lowest BCUT2D eigenvalue weighted by Crippen LogP contribution is -2.14. The number of carbonyl (C=O) groups is 2. The van der Waals surface area contributed by atoms with Gasteiger partial charge < -0.3 is 9.47 Å². The van der Waals surface area contributed by atoms with Crippen molar-refractivity contribution in [3.05, 3.63) is 47.0 Å². The number of rotatable bonds is 5. The Morgan fingerprint density at radius 1 is 1.05 bits per heavy atom. The minimum absolute atomic E-state index is 0.423. The van der Waals surface area contributed by atoms with Gasteiger partial charge in [0.1, 0.15) is 0 Å². The molecule has 0 atom stereocenters. The first-order chi connectivity index (χ1) is 10.6. The molecule has 0 aromatic heterocycles. The molecule has 2 rings (SSSR count). The van der Waals surface area contributed by atoms with Crippen LogP contribution in [0.2, 0.25) is 0 Å². The standard InChI is InChI=1S/C18H20O4/c1-4-5-9-14-15(17(19)21-2)11-12-8-6-7-10-13(12)16(14)18(20)22-3/h6-8,10-11H,4-5,9H2,1-3H3. The van der Waals surface area contributed by atoms with Gasteiger partial charge in [0.05, 0.1) is 25.3 Å². The van der Waals surface area contributed by atoms with Gasteiger partial charge in [-0.05, 0) is 35.2 Å². The maximum Gasteiger partial charge on any atom is 0.338 e. The predicted molar refractivity (Wildman–Crippen MR) is 85.2 cm³/mol. The Hall–Kier alpha value is -2.36. The molecule has 2 aromatic carbocycles. The number of ether oxygens (including phenoxy) is 2. The summed E-state index contributed by atoms with van der Waals surface area (Å²) < 4.78 is 9.83. The van der Waals surface area contributed by atoms with Crippen LogP contribution in [0.3, 0.4) is 0 Å². The highest BCUT2D eigenvalue weighted by Gasteiger charge is 2.23. The van der Waals surface area contributed by atoms with Crippen LogP contribution in [-0.4, -0.2) is 26.2 Å². The Morgan fingerprint density at radius 3 is 2.36 bits per heavy atom. The number of esters is 2. The molecule has 0 N–H and O–H groups in total. The second-order valence-electron chi connectivity index (χ2n) is 5.09. The molecule has 0 bridgehead atoms. The molecular formula is C18H20O4. The zero-order chi connectivity index (χ0) is 16.1. The predicted octanol–water partition coefficient (Wildman–Crippen LogP) is 3.76. The van der Waals surface area contributed by atoms with Crippen molar-refractivity contribution in [3.8, 4) is 0 Å². The molecule has 0 unspecified atom stereocenters. The number of fused-ring (bicyclic) bond motifs is 1. The first-order valence-corrected chi connectivity index (χ1v) is 7.35. The summed E-state index contributed by atoms with van der Waals surface area (Å²) >= 11 is 0. The third-order valence-electron chi connectivity index (χ3n) is 3.73. The fourth-order valence-corrected chi connectivity index (χ4v) is 2.63. The summed E-state index contributed by atoms with van der Waals surface area (Å²) in [7, 11) is 2.70. The zero-order valence-corrected chi connectivity index (χ0v) is 13.1. The van der Waals surface area contributed by atoms with E-state index in [1.54, 1.807) is 6.07 Å². The Morgan fingerprint density at radius 2 is 1.73 bits per heavy atom. The van der Waals surface area contributed by atoms with Crippen LogP contribution >= 0.6 is 0 Å². The van der Waals surface area contributed by atoms with Gasteiger partial charge in [0, 0.05) is 0 Å². The van der Waals surface area contributed by atoms with Gasteiger partial charge in [-0.15, -0.1) is 0 Å². The third-order valence-corrected chi connectivity index (χ3v) is 3.73. The van der Waals surface area contributed by atoms with E-state index in [1.165, 1.54) is 14.2 Å². The molecular weight excluding hydrogens is 280 g/mol. The third kappa shape index (κ3) is 2.96. The summed E-state index contributed by atoms with van der Waals surface area (Å²) in [5.41, 5.74) is 1.61. The summed E-state index contributed by atoms with van der Waals surface area (Å²) in [6.07, 6.45) is 2.48. The van der Waals surface area contributed by atoms with E-state index in [0.717, 1.165) is 23.6 Å². The van der Waals surface area contributed by atoms with Crippen molar-refractivity contribution >= 4 is 22.7 Å². The number of hydrogen-bond donors (Lipinski definition) is 0. The molecule has 0 saturated carbocycles. The Labute approximate surface area is 130 Å². The topological polar surface area (TPSA) is 52.6 Å². The maximum absolute atomic E-state index is 12.3. The number of carbonyl (C=O) groups excluding carboxylic acids is 2. The van der Waals surface area contributed by atoms with Crippen molar-refractivity contribution < 1.29 is 19.1 Å². The van der Waals surface area contributed by atoms with Crippen molar-refractivity contribution in [3.63, 3.8) is 0 Å².